The largest absolute Gasteiger partial charge is 0.473 e. The van der Waals surface area contributed by atoms with E-state index in [1.54, 1.807) is 4.68 Å². The summed E-state index contributed by atoms with van der Waals surface area (Å²) in [5, 5.41) is 7.47. The molecule has 4 nitrogen and oxygen atoms in total. The third-order valence-electron chi connectivity index (χ3n) is 3.40. The number of rotatable bonds is 6. The maximum Gasteiger partial charge on any atom is 0.212 e. The van der Waals surface area contributed by atoms with Gasteiger partial charge < -0.3 is 10.1 Å². The molecule has 1 aromatic heterocycles. The molecule has 1 heterocycles. The van der Waals surface area contributed by atoms with Crippen molar-refractivity contribution in [3.8, 4) is 5.88 Å². The molecule has 0 saturated heterocycles. The van der Waals surface area contributed by atoms with Gasteiger partial charge in [-0.1, -0.05) is 31.2 Å². The number of hydrogen-bond donors (Lipinski definition) is 1. The Balaban J connectivity index is 1.95. The van der Waals surface area contributed by atoms with Crippen molar-refractivity contribution in [2.24, 2.45) is 7.05 Å². The predicted octanol–water partition coefficient (Wildman–Crippen LogP) is 2.63. The van der Waals surface area contributed by atoms with Crippen LogP contribution < -0.4 is 10.1 Å². The molecule has 0 spiro atoms. The SMILES string of the molecule is CNCC(C)c1ccc(COc2cc(C)nn2C)cc1. The molecule has 0 saturated carbocycles. The minimum Gasteiger partial charge on any atom is -0.473 e. The van der Waals surface area contributed by atoms with Gasteiger partial charge in [0.25, 0.3) is 0 Å². The third-order valence-corrected chi connectivity index (χ3v) is 3.40. The second-order valence-corrected chi connectivity index (χ2v) is 5.24. The second-order valence-electron chi connectivity index (χ2n) is 5.24. The molecule has 4 heteroatoms. The number of aryl methyl sites for hydroxylation is 2. The zero-order chi connectivity index (χ0) is 14.5. The Kier molecular flexibility index (Phi) is 4.79. The van der Waals surface area contributed by atoms with Crippen LogP contribution in [0.15, 0.2) is 30.3 Å². The quantitative estimate of drug-likeness (QED) is 0.879. The van der Waals surface area contributed by atoms with Gasteiger partial charge in [0, 0.05) is 19.7 Å². The first-order chi connectivity index (χ1) is 9.60. The first-order valence-corrected chi connectivity index (χ1v) is 6.97. The highest BCUT2D eigenvalue weighted by molar-refractivity contribution is 5.25. The highest BCUT2D eigenvalue weighted by Gasteiger charge is 2.06. The van der Waals surface area contributed by atoms with E-state index in [-0.39, 0.29) is 0 Å². The van der Waals surface area contributed by atoms with Gasteiger partial charge in [0.1, 0.15) is 6.61 Å². The number of nitrogens with zero attached hydrogens (tertiary/aromatic N) is 2. The summed E-state index contributed by atoms with van der Waals surface area (Å²) in [6.07, 6.45) is 0. The van der Waals surface area contributed by atoms with E-state index in [1.165, 1.54) is 11.1 Å². The fraction of sp³-hybridized carbons (Fsp3) is 0.438. The van der Waals surface area contributed by atoms with Gasteiger partial charge in [-0.05, 0) is 31.0 Å². The average molecular weight is 273 g/mol. The molecule has 0 aliphatic carbocycles. The summed E-state index contributed by atoms with van der Waals surface area (Å²) in [7, 11) is 3.87. The Morgan fingerprint density at radius 2 is 2.00 bits per heavy atom. The van der Waals surface area contributed by atoms with Crippen LogP contribution in [-0.4, -0.2) is 23.4 Å². The van der Waals surface area contributed by atoms with E-state index in [0.717, 1.165) is 18.1 Å². The number of hydrogen-bond acceptors (Lipinski definition) is 3. The number of ether oxygens (including phenoxy) is 1. The van der Waals surface area contributed by atoms with Crippen LogP contribution in [-0.2, 0) is 13.7 Å². The van der Waals surface area contributed by atoms with Crippen LogP contribution >= 0.6 is 0 Å². The lowest BCUT2D eigenvalue weighted by atomic mass is 10.00. The molecule has 2 rings (SSSR count). The van der Waals surface area contributed by atoms with Gasteiger partial charge in [0.15, 0.2) is 0 Å². The Morgan fingerprint density at radius 1 is 1.30 bits per heavy atom. The van der Waals surface area contributed by atoms with Crippen LogP contribution in [0, 0.1) is 6.92 Å². The number of likely N-dealkylation sites (N-methyl/N-ethyl adjacent to an activating group) is 1. The molecule has 0 aliphatic heterocycles. The summed E-state index contributed by atoms with van der Waals surface area (Å²) in [5.74, 6) is 1.32. The molecule has 20 heavy (non-hydrogen) atoms. The summed E-state index contributed by atoms with van der Waals surface area (Å²) in [4.78, 5) is 0. The highest BCUT2D eigenvalue weighted by atomic mass is 16.5. The fourth-order valence-corrected chi connectivity index (χ4v) is 2.25. The van der Waals surface area contributed by atoms with Crippen LogP contribution in [0.25, 0.3) is 0 Å². The summed E-state index contributed by atoms with van der Waals surface area (Å²) in [6.45, 7) is 5.75. The lowest BCUT2D eigenvalue weighted by Crippen LogP contribution is -2.14. The Morgan fingerprint density at radius 3 is 2.55 bits per heavy atom. The van der Waals surface area contributed by atoms with Gasteiger partial charge in [0.05, 0.1) is 5.69 Å². The summed E-state index contributed by atoms with van der Waals surface area (Å²) >= 11 is 0. The van der Waals surface area contributed by atoms with Gasteiger partial charge in [-0.2, -0.15) is 5.10 Å². The summed E-state index contributed by atoms with van der Waals surface area (Å²) in [6, 6.07) is 10.6. The van der Waals surface area contributed by atoms with Crippen LogP contribution in [0.3, 0.4) is 0 Å². The normalized spacial score (nSPS) is 12.4. The Bertz CT molecular complexity index is 545. The number of nitrogens with one attached hydrogen (secondary N) is 1. The zero-order valence-corrected chi connectivity index (χ0v) is 12.7. The van der Waals surface area contributed by atoms with Gasteiger partial charge in [-0.3, -0.25) is 0 Å². The fourth-order valence-electron chi connectivity index (χ4n) is 2.25. The molecule has 108 valence electrons. The molecule has 2 aromatic rings. The van der Waals surface area contributed by atoms with E-state index < -0.39 is 0 Å². The third kappa shape index (κ3) is 3.61. The zero-order valence-electron chi connectivity index (χ0n) is 12.7. The molecule has 1 unspecified atom stereocenters. The van der Waals surface area contributed by atoms with Crippen molar-refractivity contribution in [2.75, 3.05) is 13.6 Å². The van der Waals surface area contributed by atoms with Crippen LogP contribution in [0.1, 0.15) is 29.7 Å². The van der Waals surface area contributed by atoms with E-state index >= 15 is 0 Å². The molecule has 0 radical (unpaired) electrons. The second kappa shape index (κ2) is 6.57. The molecule has 0 bridgehead atoms. The lowest BCUT2D eigenvalue weighted by molar-refractivity contribution is 0.279. The molecule has 0 fully saturated rings. The van der Waals surface area contributed by atoms with Crippen molar-refractivity contribution in [3.63, 3.8) is 0 Å². The van der Waals surface area contributed by atoms with Gasteiger partial charge in [-0.15, -0.1) is 0 Å². The van der Waals surface area contributed by atoms with Crippen molar-refractivity contribution >= 4 is 0 Å². The number of aromatic nitrogens is 2. The molecule has 1 atom stereocenters. The first-order valence-electron chi connectivity index (χ1n) is 6.97. The predicted molar refractivity (Wildman–Crippen MR) is 81.1 cm³/mol. The van der Waals surface area contributed by atoms with Crippen LogP contribution in [0.2, 0.25) is 0 Å². The van der Waals surface area contributed by atoms with Crippen molar-refractivity contribution in [1.82, 2.24) is 15.1 Å². The lowest BCUT2D eigenvalue weighted by Gasteiger charge is -2.12. The van der Waals surface area contributed by atoms with E-state index in [1.807, 2.05) is 27.1 Å². The van der Waals surface area contributed by atoms with E-state index in [0.29, 0.717) is 12.5 Å². The molecule has 0 aliphatic rings. The first kappa shape index (κ1) is 14.6. The van der Waals surface area contributed by atoms with Gasteiger partial charge in [0.2, 0.25) is 5.88 Å². The standard InChI is InChI=1S/C16H23N3O/c1-12(10-17-3)15-7-5-14(6-8-15)11-20-16-9-13(2)18-19(16)4/h5-9,12,17H,10-11H2,1-4H3. The molecule has 1 aromatic carbocycles. The molecule has 0 amide bonds. The van der Waals surface area contributed by atoms with Crippen molar-refractivity contribution in [2.45, 2.75) is 26.4 Å². The van der Waals surface area contributed by atoms with E-state index in [4.69, 9.17) is 4.74 Å². The highest BCUT2D eigenvalue weighted by Crippen LogP contribution is 2.17. The Hall–Kier alpha value is -1.81. The smallest absolute Gasteiger partial charge is 0.212 e. The summed E-state index contributed by atoms with van der Waals surface area (Å²) in [5.41, 5.74) is 3.49. The maximum absolute atomic E-state index is 5.78. The van der Waals surface area contributed by atoms with Crippen LogP contribution in [0.5, 0.6) is 5.88 Å². The van der Waals surface area contributed by atoms with Crippen molar-refractivity contribution < 1.29 is 4.74 Å². The van der Waals surface area contributed by atoms with E-state index in [2.05, 4.69) is 41.6 Å². The van der Waals surface area contributed by atoms with Crippen molar-refractivity contribution in [1.29, 1.82) is 0 Å². The monoisotopic (exact) mass is 273 g/mol. The number of benzene rings is 1. The van der Waals surface area contributed by atoms with Gasteiger partial charge in [-0.25, -0.2) is 4.68 Å². The molecular formula is C16H23N3O. The molecule has 1 N–H and O–H groups in total. The maximum atomic E-state index is 5.78. The minimum atomic E-state index is 0.523. The van der Waals surface area contributed by atoms with Crippen molar-refractivity contribution in [3.05, 3.63) is 47.2 Å². The Labute approximate surface area is 120 Å². The molecular weight excluding hydrogens is 250 g/mol. The summed E-state index contributed by atoms with van der Waals surface area (Å²) < 4.78 is 7.54. The van der Waals surface area contributed by atoms with E-state index in [9.17, 15) is 0 Å². The van der Waals surface area contributed by atoms with Crippen LogP contribution in [0.4, 0.5) is 0 Å². The van der Waals surface area contributed by atoms with Gasteiger partial charge >= 0.3 is 0 Å². The average Bonchev–Trinajstić information content (AvgIpc) is 2.75. The topological polar surface area (TPSA) is 39.1 Å². The minimum absolute atomic E-state index is 0.523.